The zero-order valence-electron chi connectivity index (χ0n) is 12.2. The first-order valence-electron chi connectivity index (χ1n) is 6.44. The van der Waals surface area contributed by atoms with Crippen molar-refractivity contribution in [2.45, 2.75) is 0 Å². The van der Waals surface area contributed by atoms with Crippen molar-refractivity contribution in [1.29, 1.82) is 0 Å². The smallest absolute Gasteiger partial charge is 0.289 e. The van der Waals surface area contributed by atoms with Crippen molar-refractivity contribution in [2.75, 3.05) is 7.11 Å². The summed E-state index contributed by atoms with van der Waals surface area (Å²) in [6.07, 6.45) is 0. The van der Waals surface area contributed by atoms with E-state index in [2.05, 4.69) is 21.3 Å². The predicted octanol–water partition coefficient (Wildman–Crippen LogP) is -0.612. The van der Waals surface area contributed by atoms with Crippen LogP contribution in [-0.4, -0.2) is 16.8 Å². The Labute approximate surface area is 129 Å². The SMILES string of the molecule is COc1cc(-c2n(C)c3ccccc3[n+]2C)ccc1O.[Cl-]. The Morgan fingerprint density at radius 3 is 2.52 bits per heavy atom. The molecule has 0 radical (unpaired) electrons. The lowest BCUT2D eigenvalue weighted by Gasteiger charge is -2.05. The number of benzene rings is 2. The average Bonchev–Trinajstić information content (AvgIpc) is 2.72. The van der Waals surface area contributed by atoms with Gasteiger partial charge in [0.2, 0.25) is 0 Å². The summed E-state index contributed by atoms with van der Waals surface area (Å²) in [6, 6.07) is 13.7. The Kier molecular flexibility index (Phi) is 4.09. The van der Waals surface area contributed by atoms with Gasteiger partial charge in [-0.05, 0) is 30.3 Å². The molecule has 0 unspecified atom stereocenters. The summed E-state index contributed by atoms with van der Waals surface area (Å²) in [5, 5.41) is 9.72. The van der Waals surface area contributed by atoms with E-state index >= 15 is 0 Å². The zero-order valence-corrected chi connectivity index (χ0v) is 12.9. The topological polar surface area (TPSA) is 38.3 Å². The monoisotopic (exact) mass is 304 g/mol. The maximum atomic E-state index is 9.72. The molecule has 1 aromatic heterocycles. The molecule has 0 saturated carbocycles. The van der Waals surface area contributed by atoms with Gasteiger partial charge in [-0.3, -0.25) is 0 Å². The van der Waals surface area contributed by atoms with Crippen molar-refractivity contribution < 1.29 is 26.8 Å². The number of aromatic hydroxyl groups is 1. The number of hydrogen-bond donors (Lipinski definition) is 1. The van der Waals surface area contributed by atoms with E-state index < -0.39 is 0 Å². The van der Waals surface area contributed by atoms with Gasteiger partial charge in [0.05, 0.1) is 26.8 Å². The van der Waals surface area contributed by atoms with Crippen LogP contribution in [0.25, 0.3) is 22.4 Å². The van der Waals surface area contributed by atoms with Crippen molar-refractivity contribution in [3.05, 3.63) is 42.5 Å². The molecule has 0 spiro atoms. The van der Waals surface area contributed by atoms with E-state index in [0.717, 1.165) is 22.4 Å². The first-order valence-corrected chi connectivity index (χ1v) is 6.44. The molecule has 0 saturated heterocycles. The lowest BCUT2D eigenvalue weighted by molar-refractivity contribution is -0.634. The highest BCUT2D eigenvalue weighted by Gasteiger charge is 2.22. The Balaban J connectivity index is 0.00000161. The van der Waals surface area contributed by atoms with Crippen LogP contribution in [0, 0.1) is 0 Å². The van der Waals surface area contributed by atoms with Gasteiger partial charge in [0.1, 0.15) is 0 Å². The molecular formula is C16H17ClN2O2. The van der Waals surface area contributed by atoms with Gasteiger partial charge in [0.15, 0.2) is 22.5 Å². The van der Waals surface area contributed by atoms with Crippen LogP contribution in [0.15, 0.2) is 42.5 Å². The maximum absolute atomic E-state index is 9.72. The second kappa shape index (κ2) is 5.66. The molecule has 1 N–H and O–H groups in total. The Morgan fingerprint density at radius 1 is 1.14 bits per heavy atom. The van der Waals surface area contributed by atoms with E-state index in [1.807, 2.05) is 38.4 Å². The van der Waals surface area contributed by atoms with Gasteiger partial charge in [-0.1, -0.05) is 12.1 Å². The molecule has 0 atom stereocenters. The Hall–Kier alpha value is -2.20. The van der Waals surface area contributed by atoms with Gasteiger partial charge in [-0.15, -0.1) is 0 Å². The highest BCUT2D eigenvalue weighted by atomic mass is 35.5. The van der Waals surface area contributed by atoms with E-state index in [4.69, 9.17) is 4.74 Å². The first-order chi connectivity index (χ1) is 9.63. The van der Waals surface area contributed by atoms with Crippen molar-refractivity contribution in [2.24, 2.45) is 14.1 Å². The number of nitrogens with zero attached hydrogens (tertiary/aromatic N) is 2. The number of phenols is 1. The third-order valence-electron chi connectivity index (χ3n) is 3.68. The molecular weight excluding hydrogens is 288 g/mol. The molecule has 0 aliphatic heterocycles. The Morgan fingerprint density at radius 2 is 1.86 bits per heavy atom. The summed E-state index contributed by atoms with van der Waals surface area (Å²) >= 11 is 0. The zero-order chi connectivity index (χ0) is 14.3. The van der Waals surface area contributed by atoms with E-state index in [1.165, 1.54) is 0 Å². The number of imidazole rings is 1. The number of halogens is 1. The third-order valence-corrected chi connectivity index (χ3v) is 3.68. The van der Waals surface area contributed by atoms with Gasteiger partial charge in [0, 0.05) is 0 Å². The normalized spacial score (nSPS) is 10.4. The lowest BCUT2D eigenvalue weighted by Crippen LogP contribution is -3.00. The first kappa shape index (κ1) is 15.2. The van der Waals surface area contributed by atoms with E-state index in [-0.39, 0.29) is 18.2 Å². The van der Waals surface area contributed by atoms with Crippen molar-refractivity contribution in [3.8, 4) is 22.9 Å². The second-order valence-electron chi connectivity index (χ2n) is 4.82. The molecule has 0 aliphatic rings. The van der Waals surface area contributed by atoms with Crippen molar-refractivity contribution in [1.82, 2.24) is 4.57 Å². The molecule has 5 heteroatoms. The average molecular weight is 305 g/mol. The van der Waals surface area contributed by atoms with E-state index in [1.54, 1.807) is 13.2 Å². The number of rotatable bonds is 2. The fourth-order valence-corrected chi connectivity index (χ4v) is 2.69. The molecule has 0 bridgehead atoms. The highest BCUT2D eigenvalue weighted by molar-refractivity contribution is 5.76. The number of para-hydroxylation sites is 2. The van der Waals surface area contributed by atoms with Crippen LogP contribution in [0.3, 0.4) is 0 Å². The molecule has 4 nitrogen and oxygen atoms in total. The van der Waals surface area contributed by atoms with E-state index in [0.29, 0.717) is 5.75 Å². The minimum absolute atomic E-state index is 0. The summed E-state index contributed by atoms with van der Waals surface area (Å²) in [6.45, 7) is 0. The van der Waals surface area contributed by atoms with Crippen LogP contribution in [0.4, 0.5) is 0 Å². The molecule has 0 fully saturated rings. The van der Waals surface area contributed by atoms with Gasteiger partial charge in [0.25, 0.3) is 5.82 Å². The predicted molar refractivity (Wildman–Crippen MR) is 77.7 cm³/mol. The second-order valence-corrected chi connectivity index (χ2v) is 4.82. The third kappa shape index (κ3) is 2.32. The van der Waals surface area contributed by atoms with Crippen LogP contribution in [0.1, 0.15) is 0 Å². The standard InChI is InChI=1S/C16H16N2O2.ClH/c1-17-12-6-4-5-7-13(12)18(2)16(17)11-8-9-14(19)15(10-11)20-3;/h4-10H,1-3H3;1H. The fourth-order valence-electron chi connectivity index (χ4n) is 2.69. The number of fused-ring (bicyclic) bond motifs is 1. The van der Waals surface area contributed by atoms with Crippen molar-refractivity contribution >= 4 is 11.0 Å². The quantitative estimate of drug-likeness (QED) is 0.642. The van der Waals surface area contributed by atoms with Crippen LogP contribution in [0.5, 0.6) is 11.5 Å². The summed E-state index contributed by atoms with van der Waals surface area (Å²) < 4.78 is 9.47. The molecule has 1 heterocycles. The molecule has 0 aliphatic carbocycles. The van der Waals surface area contributed by atoms with Gasteiger partial charge >= 0.3 is 0 Å². The summed E-state index contributed by atoms with van der Waals surface area (Å²) in [4.78, 5) is 0. The summed E-state index contributed by atoms with van der Waals surface area (Å²) in [5.74, 6) is 1.69. The maximum Gasteiger partial charge on any atom is 0.289 e. The summed E-state index contributed by atoms with van der Waals surface area (Å²) in [7, 11) is 5.63. The number of aromatic nitrogens is 2. The van der Waals surface area contributed by atoms with Gasteiger partial charge in [-0.25, -0.2) is 9.13 Å². The van der Waals surface area contributed by atoms with Crippen LogP contribution < -0.4 is 21.7 Å². The number of hydrogen-bond acceptors (Lipinski definition) is 2. The van der Waals surface area contributed by atoms with Crippen LogP contribution in [0.2, 0.25) is 0 Å². The molecule has 0 amide bonds. The molecule has 21 heavy (non-hydrogen) atoms. The highest BCUT2D eigenvalue weighted by Crippen LogP contribution is 2.31. The number of phenolic OH excluding ortho intramolecular Hbond substituents is 1. The lowest BCUT2D eigenvalue weighted by atomic mass is 10.2. The molecule has 3 aromatic rings. The van der Waals surface area contributed by atoms with Crippen LogP contribution >= 0.6 is 0 Å². The van der Waals surface area contributed by atoms with Gasteiger partial charge in [-0.2, -0.15) is 0 Å². The molecule has 2 aromatic carbocycles. The molecule has 3 rings (SSSR count). The van der Waals surface area contributed by atoms with Crippen LogP contribution in [-0.2, 0) is 14.1 Å². The van der Waals surface area contributed by atoms with E-state index in [9.17, 15) is 5.11 Å². The Bertz CT molecular complexity index is 757. The van der Waals surface area contributed by atoms with Crippen molar-refractivity contribution in [3.63, 3.8) is 0 Å². The number of methoxy groups -OCH3 is 1. The largest absolute Gasteiger partial charge is 1.00 e. The number of ether oxygens (including phenoxy) is 1. The minimum Gasteiger partial charge on any atom is -1.00 e. The molecule has 110 valence electrons. The fraction of sp³-hybridized carbons (Fsp3) is 0.188. The summed E-state index contributed by atoms with van der Waals surface area (Å²) in [5.41, 5.74) is 3.33. The minimum atomic E-state index is 0. The van der Waals surface area contributed by atoms with Gasteiger partial charge < -0.3 is 22.3 Å². The number of aryl methyl sites for hydroxylation is 2.